The molecule has 0 aliphatic heterocycles. The number of rotatable bonds is 5. The fraction of sp³-hybridized carbons (Fsp3) is 0.150. The first kappa shape index (κ1) is 21.4. The number of aromatic amines is 1. The zero-order valence-electron chi connectivity index (χ0n) is 15.8. The van der Waals surface area contributed by atoms with Crippen molar-refractivity contribution in [3.05, 3.63) is 81.8 Å². The molecule has 2 aromatic carbocycles. The van der Waals surface area contributed by atoms with Gasteiger partial charge in [0.05, 0.1) is 16.9 Å². The van der Waals surface area contributed by atoms with Crippen molar-refractivity contribution in [3.63, 3.8) is 0 Å². The number of aliphatic imine (C=N–C) groups is 1. The lowest BCUT2D eigenvalue weighted by Crippen LogP contribution is -2.24. The largest absolute Gasteiger partial charge is 0.418 e. The van der Waals surface area contributed by atoms with E-state index in [-0.39, 0.29) is 17.6 Å². The van der Waals surface area contributed by atoms with Crippen molar-refractivity contribution in [2.45, 2.75) is 23.7 Å². The number of H-pyrrole nitrogens is 1. The number of hydrogen-bond donors (Lipinski definition) is 3. The van der Waals surface area contributed by atoms with Crippen LogP contribution in [0, 0.1) is 6.92 Å². The number of hydrogen-bond acceptors (Lipinski definition) is 4. The molecular weight excluding hydrogens is 415 g/mol. The summed E-state index contributed by atoms with van der Waals surface area (Å²) in [5.74, 6) is -0.0191. The van der Waals surface area contributed by atoms with E-state index in [1.54, 1.807) is 0 Å². The monoisotopic (exact) mass is 433 g/mol. The molecule has 10 heteroatoms. The Morgan fingerprint density at radius 2 is 1.90 bits per heavy atom. The molecule has 0 atom stereocenters. The normalized spacial score (nSPS) is 12.1. The van der Waals surface area contributed by atoms with E-state index in [9.17, 15) is 18.0 Å². The highest BCUT2D eigenvalue weighted by Gasteiger charge is 2.33. The Bertz CT molecular complexity index is 1110. The topological polar surface area (TPSA) is 96.2 Å². The van der Waals surface area contributed by atoms with Gasteiger partial charge >= 0.3 is 6.18 Å². The molecule has 156 valence electrons. The molecule has 4 N–H and O–H groups in total. The number of nitrogens with two attached hydrogens (primary N) is 1. The van der Waals surface area contributed by atoms with Gasteiger partial charge in [-0.2, -0.15) is 18.2 Å². The summed E-state index contributed by atoms with van der Waals surface area (Å²) in [4.78, 5) is 23.4. The van der Waals surface area contributed by atoms with Gasteiger partial charge in [-0.15, -0.1) is 11.8 Å². The third-order valence-corrected chi connectivity index (χ3v) is 4.96. The molecule has 0 bridgehead atoms. The first-order valence-corrected chi connectivity index (χ1v) is 9.76. The van der Waals surface area contributed by atoms with Crippen LogP contribution in [0.15, 0.2) is 69.3 Å². The number of thioether (sulfide) groups is 1. The van der Waals surface area contributed by atoms with Crippen molar-refractivity contribution < 1.29 is 13.2 Å². The van der Waals surface area contributed by atoms with Crippen LogP contribution >= 0.6 is 11.8 Å². The highest BCUT2D eigenvalue weighted by Crippen LogP contribution is 2.34. The predicted octanol–water partition coefficient (Wildman–Crippen LogP) is 4.45. The van der Waals surface area contributed by atoms with E-state index < -0.39 is 17.3 Å². The summed E-state index contributed by atoms with van der Waals surface area (Å²) in [6.07, 6.45) is -4.55. The Kier molecular flexibility index (Phi) is 6.46. The van der Waals surface area contributed by atoms with Gasteiger partial charge in [-0.1, -0.05) is 29.8 Å². The molecule has 0 aliphatic rings. The Labute approximate surface area is 174 Å². The molecule has 0 radical (unpaired) electrons. The van der Waals surface area contributed by atoms with Crippen LogP contribution in [0.4, 0.5) is 24.8 Å². The summed E-state index contributed by atoms with van der Waals surface area (Å²) in [7, 11) is 0. The summed E-state index contributed by atoms with van der Waals surface area (Å²) in [5.41, 5.74) is 5.77. The summed E-state index contributed by atoms with van der Waals surface area (Å²) in [5, 5.41) is 2.41. The van der Waals surface area contributed by atoms with E-state index in [1.165, 1.54) is 36.0 Å². The van der Waals surface area contributed by atoms with Gasteiger partial charge in [-0.25, -0.2) is 4.98 Å². The van der Waals surface area contributed by atoms with Crippen LogP contribution in [0.3, 0.4) is 0 Å². The molecule has 0 unspecified atom stereocenters. The maximum atomic E-state index is 13.1. The van der Waals surface area contributed by atoms with Gasteiger partial charge < -0.3 is 11.1 Å². The molecule has 30 heavy (non-hydrogen) atoms. The number of guanidine groups is 1. The fourth-order valence-electron chi connectivity index (χ4n) is 2.53. The Morgan fingerprint density at radius 3 is 2.60 bits per heavy atom. The third-order valence-electron chi connectivity index (χ3n) is 3.91. The maximum Gasteiger partial charge on any atom is 0.418 e. The van der Waals surface area contributed by atoms with Gasteiger partial charge in [0.1, 0.15) is 0 Å². The molecule has 0 amide bonds. The van der Waals surface area contributed by atoms with E-state index in [0.717, 1.165) is 16.5 Å². The molecule has 1 aromatic heterocycles. The molecule has 1 heterocycles. The molecule has 0 spiro atoms. The van der Waals surface area contributed by atoms with Crippen molar-refractivity contribution in [2.24, 2.45) is 10.7 Å². The van der Waals surface area contributed by atoms with Crippen molar-refractivity contribution in [3.8, 4) is 0 Å². The van der Waals surface area contributed by atoms with Gasteiger partial charge in [0.25, 0.3) is 5.56 Å². The summed E-state index contributed by atoms with van der Waals surface area (Å²) in [6, 6.07) is 14.1. The van der Waals surface area contributed by atoms with Crippen LogP contribution in [0.1, 0.15) is 16.8 Å². The second-order valence-electron chi connectivity index (χ2n) is 6.33. The minimum absolute atomic E-state index is 0.100. The van der Waals surface area contributed by atoms with E-state index in [4.69, 9.17) is 5.73 Å². The Morgan fingerprint density at radius 1 is 1.20 bits per heavy atom. The summed E-state index contributed by atoms with van der Waals surface area (Å²) >= 11 is 1.49. The van der Waals surface area contributed by atoms with Gasteiger partial charge in [-0.05, 0) is 31.2 Å². The lowest BCUT2D eigenvalue weighted by Gasteiger charge is -2.13. The molecule has 6 nitrogen and oxygen atoms in total. The van der Waals surface area contributed by atoms with Gasteiger partial charge in [0, 0.05) is 16.7 Å². The highest BCUT2D eigenvalue weighted by molar-refractivity contribution is 7.98. The number of nitrogens with zero attached hydrogens (tertiary/aromatic N) is 2. The lowest BCUT2D eigenvalue weighted by atomic mass is 10.1. The Balaban J connectivity index is 1.77. The van der Waals surface area contributed by atoms with Gasteiger partial charge in [-0.3, -0.25) is 9.78 Å². The van der Waals surface area contributed by atoms with Crippen molar-refractivity contribution >= 4 is 29.4 Å². The van der Waals surface area contributed by atoms with Gasteiger partial charge in [0.2, 0.25) is 11.9 Å². The number of nitrogens with one attached hydrogen (secondary N) is 2. The molecule has 3 rings (SSSR count). The average molecular weight is 433 g/mol. The van der Waals surface area contributed by atoms with E-state index in [2.05, 4.69) is 20.3 Å². The zero-order valence-corrected chi connectivity index (χ0v) is 16.6. The molecule has 0 saturated carbocycles. The predicted molar refractivity (Wildman–Crippen MR) is 112 cm³/mol. The molecule has 0 fully saturated rings. The summed E-state index contributed by atoms with van der Waals surface area (Å²) < 4.78 is 39.3. The second kappa shape index (κ2) is 9.04. The maximum absolute atomic E-state index is 13.1. The van der Waals surface area contributed by atoms with Crippen LogP contribution in [0.2, 0.25) is 0 Å². The number of alkyl halides is 3. The van der Waals surface area contributed by atoms with Crippen LogP contribution in [-0.4, -0.2) is 15.9 Å². The third kappa shape index (κ3) is 5.86. The quantitative estimate of drug-likeness (QED) is 0.314. The average Bonchev–Trinajstić information content (AvgIpc) is 2.66. The number of halogens is 3. The van der Waals surface area contributed by atoms with E-state index >= 15 is 0 Å². The van der Waals surface area contributed by atoms with Crippen molar-refractivity contribution in [2.75, 3.05) is 5.32 Å². The first-order chi connectivity index (χ1) is 14.2. The van der Waals surface area contributed by atoms with Crippen molar-refractivity contribution in [1.82, 2.24) is 9.97 Å². The minimum atomic E-state index is -4.55. The molecule has 0 saturated heterocycles. The number of aryl methyl sites for hydroxylation is 1. The Hall–Kier alpha value is -3.27. The lowest BCUT2D eigenvalue weighted by molar-refractivity contribution is -0.136. The number of para-hydroxylation sites is 1. The van der Waals surface area contributed by atoms with Crippen molar-refractivity contribution in [1.29, 1.82) is 0 Å². The first-order valence-electron chi connectivity index (χ1n) is 8.78. The van der Waals surface area contributed by atoms with Crippen LogP contribution in [-0.2, 0) is 11.9 Å². The molecular formula is C20H18F3N5OS. The van der Waals surface area contributed by atoms with E-state index in [1.807, 2.05) is 31.2 Å². The fourth-order valence-corrected chi connectivity index (χ4v) is 3.32. The number of anilines is 1. The standard InChI is InChI=1S/C20H18F3N5OS/c1-12-6-8-14(9-7-12)30-11-13-10-17(29)27-19(25-13)28-18(24)26-16-5-3-2-4-15(16)20(21,22)23/h2-10H,11H2,1H3,(H4,24,25,26,27,28,29). The smallest absolute Gasteiger partial charge is 0.369 e. The minimum Gasteiger partial charge on any atom is -0.369 e. The van der Waals surface area contributed by atoms with Crippen LogP contribution in [0.5, 0.6) is 0 Å². The van der Waals surface area contributed by atoms with Crippen LogP contribution in [0.25, 0.3) is 0 Å². The highest BCUT2D eigenvalue weighted by atomic mass is 32.2. The second-order valence-corrected chi connectivity index (χ2v) is 7.38. The summed E-state index contributed by atoms with van der Waals surface area (Å²) in [6.45, 7) is 1.99. The molecule has 3 aromatic rings. The van der Waals surface area contributed by atoms with Gasteiger partial charge in [0.15, 0.2) is 0 Å². The number of aromatic nitrogens is 2. The zero-order chi connectivity index (χ0) is 21.7. The van der Waals surface area contributed by atoms with Crippen LogP contribution < -0.4 is 16.6 Å². The molecule has 0 aliphatic carbocycles. The van der Waals surface area contributed by atoms with E-state index in [0.29, 0.717) is 11.4 Å². The number of benzene rings is 2. The SMILES string of the molecule is Cc1ccc(SCc2cc(=O)[nH]c(N=C(N)Nc3ccccc3C(F)(F)F)n2)cc1.